The zero-order valence-corrected chi connectivity index (χ0v) is 15.2. The number of hydrogen-bond acceptors (Lipinski definition) is 5. The third-order valence-corrected chi connectivity index (χ3v) is 3.95. The van der Waals surface area contributed by atoms with E-state index < -0.39 is 12.1 Å². The van der Waals surface area contributed by atoms with E-state index in [1.54, 1.807) is 0 Å². The Bertz CT molecular complexity index is 570. The van der Waals surface area contributed by atoms with Gasteiger partial charge in [0, 0.05) is 6.61 Å². The van der Waals surface area contributed by atoms with Gasteiger partial charge in [-0.3, -0.25) is 4.79 Å². The number of carbonyl (C=O) groups is 2. The lowest BCUT2D eigenvalue weighted by Gasteiger charge is -2.19. The van der Waals surface area contributed by atoms with Crippen LogP contribution in [0.15, 0.2) is 24.3 Å². The van der Waals surface area contributed by atoms with Crippen molar-refractivity contribution in [2.75, 3.05) is 26.4 Å². The maximum atomic E-state index is 11.6. The molecule has 1 aliphatic heterocycles. The number of benzene rings is 1. The maximum absolute atomic E-state index is 11.6. The highest BCUT2D eigenvalue weighted by molar-refractivity contribution is 5.82. The molecule has 138 valence electrons. The number of hydrogen-bond donors (Lipinski definition) is 1. The van der Waals surface area contributed by atoms with Gasteiger partial charge in [0.25, 0.3) is 5.91 Å². The van der Waals surface area contributed by atoms with Crippen LogP contribution in [0.4, 0.5) is 0 Å². The molecule has 0 bridgehead atoms. The van der Waals surface area contributed by atoms with Crippen molar-refractivity contribution in [1.82, 2.24) is 5.32 Å². The van der Waals surface area contributed by atoms with E-state index in [-0.39, 0.29) is 17.9 Å². The van der Waals surface area contributed by atoms with Gasteiger partial charge in [-0.2, -0.15) is 0 Å². The predicted molar refractivity (Wildman–Crippen MR) is 93.6 cm³/mol. The summed E-state index contributed by atoms with van der Waals surface area (Å²) in [5.41, 5.74) is 1.34. The lowest BCUT2D eigenvalue weighted by molar-refractivity contribution is -0.157. The molecule has 0 unspecified atom stereocenters. The molecule has 1 aliphatic rings. The molecule has 1 atom stereocenters. The second-order valence-electron chi connectivity index (χ2n) is 7.08. The summed E-state index contributed by atoms with van der Waals surface area (Å²) < 4.78 is 15.7. The first-order valence-corrected chi connectivity index (χ1v) is 8.64. The van der Waals surface area contributed by atoms with Crippen molar-refractivity contribution in [3.8, 4) is 5.75 Å². The molecule has 0 aliphatic carbocycles. The topological polar surface area (TPSA) is 73.9 Å². The van der Waals surface area contributed by atoms with E-state index in [1.807, 2.05) is 24.3 Å². The summed E-state index contributed by atoms with van der Waals surface area (Å²) in [5, 5.41) is 2.65. The van der Waals surface area contributed by atoms with Crippen LogP contribution >= 0.6 is 0 Å². The van der Waals surface area contributed by atoms with Gasteiger partial charge in [0.15, 0.2) is 12.7 Å². The first-order valence-electron chi connectivity index (χ1n) is 8.64. The summed E-state index contributed by atoms with van der Waals surface area (Å²) in [6.45, 7) is 7.44. The summed E-state index contributed by atoms with van der Waals surface area (Å²) >= 11 is 0. The fraction of sp³-hybridized carbons (Fsp3) is 0.579. The number of carbonyl (C=O) groups excluding carboxylic acids is 2. The normalized spacial score (nSPS) is 17.2. The Kier molecular flexibility index (Phi) is 6.82. The molecule has 0 saturated carbocycles. The first kappa shape index (κ1) is 19.2. The van der Waals surface area contributed by atoms with Crippen LogP contribution in [0.5, 0.6) is 5.75 Å². The molecule has 1 aromatic carbocycles. The van der Waals surface area contributed by atoms with Crippen molar-refractivity contribution in [2.45, 2.75) is 45.1 Å². The largest absolute Gasteiger partial charge is 0.492 e. The van der Waals surface area contributed by atoms with Gasteiger partial charge in [-0.05, 0) is 36.0 Å². The number of rotatable bonds is 7. The number of nitrogens with one attached hydrogen (secondary N) is 1. The van der Waals surface area contributed by atoms with Gasteiger partial charge in [0.2, 0.25) is 0 Å². The molecule has 6 nitrogen and oxygen atoms in total. The van der Waals surface area contributed by atoms with E-state index >= 15 is 0 Å². The van der Waals surface area contributed by atoms with Crippen LogP contribution in [0.25, 0.3) is 0 Å². The highest BCUT2D eigenvalue weighted by atomic mass is 16.6. The molecule has 1 fully saturated rings. The zero-order valence-electron chi connectivity index (χ0n) is 15.2. The standard InChI is InChI=1S/C19H27NO5/c1-19(2,3)14-6-8-15(9-7-14)23-12-10-20-17(21)13-25-18(22)16-5-4-11-24-16/h6-9,16H,4-5,10-13H2,1-3H3,(H,20,21)/t16-/m1/s1. The lowest BCUT2D eigenvalue weighted by Crippen LogP contribution is -2.33. The quantitative estimate of drug-likeness (QED) is 0.603. The van der Waals surface area contributed by atoms with Gasteiger partial charge < -0.3 is 19.5 Å². The summed E-state index contributed by atoms with van der Waals surface area (Å²) in [6.07, 6.45) is 0.981. The second-order valence-corrected chi connectivity index (χ2v) is 7.08. The van der Waals surface area contributed by atoms with Gasteiger partial charge in [-0.25, -0.2) is 4.79 Å². The Morgan fingerprint density at radius 1 is 1.24 bits per heavy atom. The molecular formula is C19H27NO5. The van der Waals surface area contributed by atoms with Crippen LogP contribution in [-0.2, 0) is 24.5 Å². The molecule has 1 saturated heterocycles. The third kappa shape index (κ3) is 6.38. The molecule has 0 spiro atoms. The van der Waals surface area contributed by atoms with Crippen LogP contribution in [-0.4, -0.2) is 44.3 Å². The van der Waals surface area contributed by atoms with Crippen molar-refractivity contribution < 1.29 is 23.8 Å². The minimum absolute atomic E-state index is 0.105. The average molecular weight is 349 g/mol. The third-order valence-electron chi connectivity index (χ3n) is 3.95. The smallest absolute Gasteiger partial charge is 0.335 e. The monoisotopic (exact) mass is 349 g/mol. The highest BCUT2D eigenvalue weighted by Gasteiger charge is 2.25. The minimum atomic E-state index is -0.521. The fourth-order valence-electron chi connectivity index (χ4n) is 2.45. The van der Waals surface area contributed by atoms with Crippen LogP contribution in [0.2, 0.25) is 0 Å². The van der Waals surface area contributed by atoms with Crippen molar-refractivity contribution in [3.05, 3.63) is 29.8 Å². The molecule has 25 heavy (non-hydrogen) atoms. The summed E-state index contributed by atoms with van der Waals surface area (Å²) in [7, 11) is 0. The molecule has 1 aromatic rings. The molecule has 1 N–H and O–H groups in total. The Morgan fingerprint density at radius 2 is 1.96 bits per heavy atom. The molecule has 1 amide bonds. The van der Waals surface area contributed by atoms with Crippen molar-refractivity contribution in [2.24, 2.45) is 0 Å². The number of ether oxygens (including phenoxy) is 3. The Labute approximate surface area is 148 Å². The van der Waals surface area contributed by atoms with Crippen LogP contribution in [0.3, 0.4) is 0 Å². The van der Waals surface area contributed by atoms with Crippen LogP contribution < -0.4 is 10.1 Å². The minimum Gasteiger partial charge on any atom is -0.492 e. The van der Waals surface area contributed by atoms with Gasteiger partial charge in [0.05, 0.1) is 6.54 Å². The Hall–Kier alpha value is -2.08. The second kappa shape index (κ2) is 8.85. The summed E-state index contributed by atoms with van der Waals surface area (Å²) in [6, 6.07) is 7.93. The van der Waals surface area contributed by atoms with E-state index in [9.17, 15) is 9.59 Å². The SMILES string of the molecule is CC(C)(C)c1ccc(OCCNC(=O)COC(=O)[C@H]2CCCO2)cc1. The molecule has 1 heterocycles. The molecule has 0 radical (unpaired) electrons. The molecule has 6 heteroatoms. The highest BCUT2D eigenvalue weighted by Crippen LogP contribution is 2.24. The maximum Gasteiger partial charge on any atom is 0.335 e. The molecule has 2 rings (SSSR count). The zero-order chi connectivity index (χ0) is 18.3. The van der Waals surface area contributed by atoms with E-state index in [0.717, 1.165) is 12.2 Å². The van der Waals surface area contributed by atoms with Crippen LogP contribution in [0, 0.1) is 0 Å². The fourth-order valence-corrected chi connectivity index (χ4v) is 2.45. The molecule has 0 aromatic heterocycles. The van der Waals surface area contributed by atoms with Gasteiger partial charge in [0.1, 0.15) is 12.4 Å². The van der Waals surface area contributed by atoms with Crippen molar-refractivity contribution in [1.29, 1.82) is 0 Å². The number of esters is 1. The Morgan fingerprint density at radius 3 is 2.56 bits per heavy atom. The lowest BCUT2D eigenvalue weighted by atomic mass is 9.87. The first-order chi connectivity index (χ1) is 11.9. The van der Waals surface area contributed by atoms with Gasteiger partial charge in [-0.1, -0.05) is 32.9 Å². The van der Waals surface area contributed by atoms with E-state index in [0.29, 0.717) is 26.2 Å². The van der Waals surface area contributed by atoms with E-state index in [1.165, 1.54) is 5.56 Å². The van der Waals surface area contributed by atoms with E-state index in [4.69, 9.17) is 14.2 Å². The van der Waals surface area contributed by atoms with E-state index in [2.05, 4.69) is 26.1 Å². The summed E-state index contributed by atoms with van der Waals surface area (Å²) in [5.74, 6) is -0.0621. The summed E-state index contributed by atoms with van der Waals surface area (Å²) in [4.78, 5) is 23.3. The van der Waals surface area contributed by atoms with Crippen molar-refractivity contribution in [3.63, 3.8) is 0 Å². The van der Waals surface area contributed by atoms with Gasteiger partial charge >= 0.3 is 5.97 Å². The average Bonchev–Trinajstić information content (AvgIpc) is 3.11. The molecular weight excluding hydrogens is 322 g/mol. The van der Waals surface area contributed by atoms with Gasteiger partial charge in [-0.15, -0.1) is 0 Å². The Balaban J connectivity index is 1.60. The number of amides is 1. The van der Waals surface area contributed by atoms with Crippen molar-refractivity contribution >= 4 is 11.9 Å². The predicted octanol–water partition coefficient (Wildman–Crippen LogP) is 2.20. The van der Waals surface area contributed by atoms with Crippen LogP contribution in [0.1, 0.15) is 39.2 Å².